The van der Waals surface area contributed by atoms with Gasteiger partial charge in [0.2, 0.25) is 0 Å². The zero-order chi connectivity index (χ0) is 15.0. The first-order valence-corrected chi connectivity index (χ1v) is 6.70. The molecule has 106 valence electrons. The van der Waals surface area contributed by atoms with E-state index in [1.165, 1.54) is 4.68 Å². The van der Waals surface area contributed by atoms with Crippen LogP contribution in [0.25, 0.3) is 17.8 Å². The monoisotopic (exact) mass is 280 g/mol. The molecule has 0 saturated carbocycles. The van der Waals surface area contributed by atoms with E-state index in [1.54, 1.807) is 0 Å². The third-order valence-corrected chi connectivity index (χ3v) is 3.31. The van der Waals surface area contributed by atoms with Gasteiger partial charge in [-0.3, -0.25) is 9.89 Å². The Bertz CT molecular complexity index is 892. The van der Waals surface area contributed by atoms with Crippen molar-refractivity contribution in [3.05, 3.63) is 74.9 Å². The second kappa shape index (κ2) is 4.98. The first kappa shape index (κ1) is 13.2. The molecule has 0 fully saturated rings. The Labute approximate surface area is 122 Å². The number of para-hydroxylation sites is 1. The van der Waals surface area contributed by atoms with Crippen LogP contribution in [0.15, 0.2) is 58.8 Å². The fourth-order valence-corrected chi connectivity index (χ4v) is 2.48. The minimum atomic E-state index is -0.115. The number of aromatic amines is 1. The van der Waals surface area contributed by atoms with E-state index in [9.17, 15) is 4.79 Å². The van der Waals surface area contributed by atoms with Crippen LogP contribution in [0.3, 0.4) is 0 Å². The van der Waals surface area contributed by atoms with Crippen molar-refractivity contribution in [1.82, 2.24) is 9.78 Å². The molecule has 1 aliphatic heterocycles. The second-order valence-electron chi connectivity index (χ2n) is 5.01. The number of ether oxygens (including phenoxy) is 1. The van der Waals surface area contributed by atoms with Crippen molar-refractivity contribution in [2.24, 2.45) is 0 Å². The van der Waals surface area contributed by atoms with E-state index in [-0.39, 0.29) is 5.56 Å². The van der Waals surface area contributed by atoms with Gasteiger partial charge in [-0.05, 0) is 43.7 Å². The lowest BCUT2D eigenvalue weighted by atomic mass is 10.1. The molecule has 1 aliphatic rings. The number of nitrogens with zero attached hydrogens (tertiary/aromatic N) is 1. The molecule has 4 nitrogen and oxygen atoms in total. The van der Waals surface area contributed by atoms with Crippen molar-refractivity contribution in [3.8, 4) is 5.69 Å². The van der Waals surface area contributed by atoms with Crippen LogP contribution in [0.1, 0.15) is 13.8 Å². The van der Waals surface area contributed by atoms with Gasteiger partial charge in [0.1, 0.15) is 11.5 Å². The van der Waals surface area contributed by atoms with Crippen LogP contribution < -0.4 is 16.1 Å². The molecule has 4 heteroatoms. The fraction of sp³-hybridized carbons (Fsp3) is 0.118. The van der Waals surface area contributed by atoms with E-state index in [0.717, 1.165) is 22.8 Å². The Kier molecular flexibility index (Phi) is 3.14. The van der Waals surface area contributed by atoms with E-state index < -0.39 is 0 Å². The molecule has 0 radical (unpaired) electrons. The maximum absolute atomic E-state index is 12.7. The Morgan fingerprint density at radius 3 is 2.33 bits per heavy atom. The van der Waals surface area contributed by atoms with Gasteiger partial charge in [0, 0.05) is 0 Å². The van der Waals surface area contributed by atoms with Crippen LogP contribution in [0, 0.1) is 0 Å². The summed E-state index contributed by atoms with van der Waals surface area (Å²) in [6.45, 7) is 7.68. The molecule has 1 N–H and O–H groups in total. The maximum Gasteiger partial charge on any atom is 0.279 e. The lowest BCUT2D eigenvalue weighted by Crippen LogP contribution is -2.36. The second-order valence-corrected chi connectivity index (χ2v) is 5.01. The van der Waals surface area contributed by atoms with Gasteiger partial charge >= 0.3 is 0 Å². The molecule has 0 aliphatic carbocycles. The topological polar surface area (TPSA) is 47.0 Å². The fourth-order valence-electron chi connectivity index (χ4n) is 2.48. The van der Waals surface area contributed by atoms with Crippen LogP contribution in [0.5, 0.6) is 0 Å². The normalized spacial score (nSPS) is 14.5. The largest absolute Gasteiger partial charge is 0.467 e. The molecular formula is C17H16N2O2. The number of rotatable bonds is 1. The van der Waals surface area contributed by atoms with Crippen molar-refractivity contribution in [3.63, 3.8) is 0 Å². The van der Waals surface area contributed by atoms with Crippen molar-refractivity contribution >= 4 is 12.2 Å². The minimum absolute atomic E-state index is 0.115. The zero-order valence-corrected chi connectivity index (χ0v) is 12.0. The van der Waals surface area contributed by atoms with E-state index in [1.807, 2.05) is 56.3 Å². The summed E-state index contributed by atoms with van der Waals surface area (Å²) in [6, 6.07) is 9.44. The predicted molar refractivity (Wildman–Crippen MR) is 83.2 cm³/mol. The summed E-state index contributed by atoms with van der Waals surface area (Å²) in [5, 5.41) is 4.19. The summed E-state index contributed by atoms with van der Waals surface area (Å²) in [6.07, 6.45) is 3.70. The molecule has 0 unspecified atom stereocenters. The third-order valence-electron chi connectivity index (χ3n) is 3.31. The summed E-state index contributed by atoms with van der Waals surface area (Å²) < 4.78 is 6.98. The highest BCUT2D eigenvalue weighted by Crippen LogP contribution is 2.17. The number of allylic oxidation sites excluding steroid dienone is 4. The number of H-pyrrole nitrogens is 1. The Morgan fingerprint density at radius 1 is 1.10 bits per heavy atom. The Hall–Kier alpha value is -2.75. The molecule has 0 spiro atoms. The van der Waals surface area contributed by atoms with Crippen molar-refractivity contribution < 1.29 is 4.74 Å². The maximum atomic E-state index is 12.7. The van der Waals surface area contributed by atoms with Crippen LogP contribution in [-0.4, -0.2) is 9.78 Å². The summed E-state index contributed by atoms with van der Waals surface area (Å²) >= 11 is 0. The predicted octanol–water partition coefficient (Wildman–Crippen LogP) is 1.56. The molecule has 21 heavy (non-hydrogen) atoms. The molecule has 0 saturated heterocycles. The first-order chi connectivity index (χ1) is 10.1. The van der Waals surface area contributed by atoms with Crippen LogP contribution >= 0.6 is 0 Å². The molecule has 3 rings (SSSR count). The molecule has 0 amide bonds. The van der Waals surface area contributed by atoms with Gasteiger partial charge in [-0.1, -0.05) is 24.8 Å². The molecule has 1 aromatic carbocycles. The lowest BCUT2D eigenvalue weighted by Gasteiger charge is -2.11. The zero-order valence-electron chi connectivity index (χ0n) is 12.0. The van der Waals surface area contributed by atoms with E-state index >= 15 is 0 Å². The van der Waals surface area contributed by atoms with E-state index in [2.05, 4.69) is 11.7 Å². The van der Waals surface area contributed by atoms with Gasteiger partial charge in [0.15, 0.2) is 0 Å². The van der Waals surface area contributed by atoms with Gasteiger partial charge in [0.05, 0.1) is 16.3 Å². The molecule has 1 aromatic heterocycles. The smallest absolute Gasteiger partial charge is 0.279 e. The van der Waals surface area contributed by atoms with Crippen LogP contribution in [-0.2, 0) is 4.74 Å². The average Bonchev–Trinajstić information content (AvgIpc) is 2.74. The Morgan fingerprint density at radius 2 is 1.71 bits per heavy atom. The minimum Gasteiger partial charge on any atom is -0.467 e. The van der Waals surface area contributed by atoms with E-state index in [4.69, 9.17) is 4.74 Å². The third kappa shape index (κ3) is 2.36. The van der Waals surface area contributed by atoms with Crippen LogP contribution in [0.2, 0.25) is 0 Å². The Balaban J connectivity index is 2.33. The van der Waals surface area contributed by atoms with Crippen molar-refractivity contribution in [1.29, 1.82) is 0 Å². The number of benzene rings is 1. The molecular weight excluding hydrogens is 264 g/mol. The van der Waals surface area contributed by atoms with Gasteiger partial charge < -0.3 is 4.74 Å². The van der Waals surface area contributed by atoms with Crippen molar-refractivity contribution in [2.75, 3.05) is 0 Å². The molecule has 0 atom stereocenters. The SMILES string of the molecule is C=c1[nH]n(-c2ccccc2)c(=O)c1=C1C=C(C)OC(C)=C1. The van der Waals surface area contributed by atoms with Gasteiger partial charge in [-0.15, -0.1) is 0 Å². The summed E-state index contributed by atoms with van der Waals surface area (Å²) in [5.41, 5.74) is 1.49. The van der Waals surface area contributed by atoms with Crippen molar-refractivity contribution in [2.45, 2.75) is 13.8 Å². The summed E-state index contributed by atoms with van der Waals surface area (Å²) in [4.78, 5) is 12.7. The molecule has 2 aromatic rings. The first-order valence-electron chi connectivity index (χ1n) is 6.70. The highest BCUT2D eigenvalue weighted by molar-refractivity contribution is 5.68. The number of aromatic nitrogens is 2. The van der Waals surface area contributed by atoms with Gasteiger partial charge in [0.25, 0.3) is 5.56 Å². The standard InChI is InChI=1S/C17H16N2O2/c1-11-9-14(10-12(2)21-11)16-13(3)18-19(17(16)20)15-7-5-4-6-8-15/h4-10,18H,3H2,1-2H3. The summed E-state index contributed by atoms with van der Waals surface area (Å²) in [7, 11) is 0. The lowest BCUT2D eigenvalue weighted by molar-refractivity contribution is 0.306. The molecule has 2 heterocycles. The highest BCUT2D eigenvalue weighted by atomic mass is 16.5. The quantitative estimate of drug-likeness (QED) is 0.862. The number of nitrogens with one attached hydrogen (secondary N) is 1. The number of hydrogen-bond acceptors (Lipinski definition) is 2. The van der Waals surface area contributed by atoms with Gasteiger partial charge in [-0.2, -0.15) is 0 Å². The number of hydrogen-bond donors (Lipinski definition) is 1. The van der Waals surface area contributed by atoms with E-state index in [0.29, 0.717) is 10.6 Å². The van der Waals surface area contributed by atoms with Crippen LogP contribution in [0.4, 0.5) is 0 Å². The average molecular weight is 280 g/mol. The molecule has 0 bridgehead atoms. The summed E-state index contributed by atoms with van der Waals surface area (Å²) in [5.74, 6) is 1.52. The van der Waals surface area contributed by atoms with Gasteiger partial charge in [-0.25, -0.2) is 4.68 Å². The highest BCUT2D eigenvalue weighted by Gasteiger charge is 2.10.